The highest BCUT2D eigenvalue weighted by Crippen LogP contribution is 2.20. The molecule has 0 unspecified atom stereocenters. The van der Waals surface area contributed by atoms with Crippen LogP contribution in [-0.4, -0.2) is 37.6 Å². The van der Waals surface area contributed by atoms with Crippen LogP contribution in [0.25, 0.3) is 16.9 Å². The normalized spacial score (nSPS) is 12.0. The molecule has 0 spiro atoms. The number of rotatable bonds is 7. The lowest BCUT2D eigenvalue weighted by molar-refractivity contribution is 0.0909. The van der Waals surface area contributed by atoms with Crippen LogP contribution in [0.2, 0.25) is 0 Å². The monoisotopic (exact) mass is 412 g/mol. The van der Waals surface area contributed by atoms with E-state index in [-0.39, 0.29) is 29.3 Å². The molecule has 0 aliphatic rings. The number of aliphatic hydroxyl groups is 1. The lowest BCUT2D eigenvalue weighted by atomic mass is 10.1. The van der Waals surface area contributed by atoms with E-state index in [0.29, 0.717) is 24.2 Å². The summed E-state index contributed by atoms with van der Waals surface area (Å²) < 4.78 is 16.4. The Morgan fingerprint density at radius 2 is 1.97 bits per heavy atom. The van der Waals surface area contributed by atoms with Gasteiger partial charge in [0.05, 0.1) is 11.8 Å². The van der Waals surface area contributed by atoms with Gasteiger partial charge in [0.1, 0.15) is 11.5 Å². The summed E-state index contributed by atoms with van der Waals surface area (Å²) in [4.78, 5) is 29.7. The molecule has 30 heavy (non-hydrogen) atoms. The molecule has 8 heteroatoms. The maximum Gasteiger partial charge on any atom is 0.295 e. The van der Waals surface area contributed by atoms with Crippen LogP contribution in [-0.2, 0) is 6.54 Å². The number of carbonyl (C=O) groups is 1. The molecule has 0 fully saturated rings. The minimum atomic E-state index is -0.641. The van der Waals surface area contributed by atoms with Crippen molar-refractivity contribution < 1.29 is 14.3 Å². The van der Waals surface area contributed by atoms with Crippen LogP contribution in [0.1, 0.15) is 37.7 Å². The number of aliphatic hydroxyl groups excluding tert-OH is 1. The first-order valence-electron chi connectivity index (χ1n) is 9.78. The van der Waals surface area contributed by atoms with Crippen molar-refractivity contribution in [2.24, 2.45) is 0 Å². The van der Waals surface area contributed by atoms with Gasteiger partial charge in [0.2, 0.25) is 5.65 Å². The number of imidazole rings is 1. The van der Waals surface area contributed by atoms with Gasteiger partial charge in [-0.1, -0.05) is 18.6 Å². The third-order valence-electron chi connectivity index (χ3n) is 4.75. The number of halogens is 1. The Hall–Kier alpha value is -3.26. The summed E-state index contributed by atoms with van der Waals surface area (Å²) in [5.74, 6) is -0.835. The van der Waals surface area contributed by atoms with Gasteiger partial charge in [0, 0.05) is 25.5 Å². The molecule has 0 bridgehead atoms. The first-order valence-corrected chi connectivity index (χ1v) is 9.78. The first-order chi connectivity index (χ1) is 14.3. The van der Waals surface area contributed by atoms with Crippen molar-refractivity contribution in [1.82, 2.24) is 19.3 Å². The van der Waals surface area contributed by atoms with Gasteiger partial charge in [-0.15, -0.1) is 0 Å². The number of amides is 1. The summed E-state index contributed by atoms with van der Waals surface area (Å²) >= 11 is 0. The molecule has 2 heterocycles. The van der Waals surface area contributed by atoms with Gasteiger partial charge in [-0.25, -0.2) is 9.37 Å². The smallest absolute Gasteiger partial charge is 0.295 e. The Morgan fingerprint density at radius 1 is 1.27 bits per heavy atom. The Bertz CT molecular complexity index is 1140. The van der Waals surface area contributed by atoms with E-state index in [1.54, 1.807) is 22.9 Å². The summed E-state index contributed by atoms with van der Waals surface area (Å²) in [5.41, 5.74) is 2.13. The molecule has 158 valence electrons. The van der Waals surface area contributed by atoms with Crippen molar-refractivity contribution in [2.75, 3.05) is 6.54 Å². The fourth-order valence-corrected chi connectivity index (χ4v) is 2.94. The molecular weight excluding hydrogens is 387 g/mol. The highest BCUT2D eigenvalue weighted by Gasteiger charge is 2.17. The van der Waals surface area contributed by atoms with Gasteiger partial charge < -0.3 is 10.4 Å². The average Bonchev–Trinajstić information content (AvgIpc) is 3.16. The molecule has 0 saturated heterocycles. The van der Waals surface area contributed by atoms with Crippen LogP contribution in [0.3, 0.4) is 0 Å². The highest BCUT2D eigenvalue weighted by molar-refractivity contribution is 5.92. The van der Waals surface area contributed by atoms with Crippen LogP contribution in [0.15, 0.2) is 53.1 Å². The highest BCUT2D eigenvalue weighted by atomic mass is 19.1. The number of nitrogens with zero attached hydrogens (tertiary/aromatic N) is 3. The summed E-state index contributed by atoms with van der Waals surface area (Å²) in [5, 5.41) is 12.2. The number of carbonyl (C=O) groups excluding carboxylic acids is 1. The zero-order valence-corrected chi connectivity index (χ0v) is 17.2. The first kappa shape index (κ1) is 21.4. The number of hydrogen-bond acceptors (Lipinski definition) is 4. The van der Waals surface area contributed by atoms with E-state index in [1.165, 1.54) is 22.7 Å². The van der Waals surface area contributed by atoms with E-state index >= 15 is 0 Å². The van der Waals surface area contributed by atoms with Crippen molar-refractivity contribution in [1.29, 1.82) is 0 Å². The Labute approximate surface area is 173 Å². The van der Waals surface area contributed by atoms with E-state index in [1.807, 2.05) is 26.8 Å². The van der Waals surface area contributed by atoms with Gasteiger partial charge in [0.25, 0.3) is 11.5 Å². The molecule has 0 aliphatic heterocycles. The Morgan fingerprint density at radius 3 is 2.60 bits per heavy atom. The number of allylic oxidation sites excluding steroid dienone is 2. The summed E-state index contributed by atoms with van der Waals surface area (Å²) in [6, 6.07) is 5.87. The molecule has 1 aromatic carbocycles. The zero-order valence-electron chi connectivity index (χ0n) is 17.2. The van der Waals surface area contributed by atoms with Crippen LogP contribution in [0.4, 0.5) is 4.39 Å². The third-order valence-corrected chi connectivity index (χ3v) is 4.75. The molecule has 1 atom stereocenters. The number of benzene rings is 1. The van der Waals surface area contributed by atoms with Crippen molar-refractivity contribution in [3.8, 4) is 11.3 Å². The van der Waals surface area contributed by atoms with Gasteiger partial charge in [-0.05, 0) is 50.1 Å². The van der Waals surface area contributed by atoms with Crippen molar-refractivity contribution >= 4 is 11.6 Å². The largest absolute Gasteiger partial charge is 0.391 e. The van der Waals surface area contributed by atoms with Crippen molar-refractivity contribution in [3.63, 3.8) is 0 Å². The summed E-state index contributed by atoms with van der Waals surface area (Å²) in [6.45, 7) is 6.11. The topological polar surface area (TPSA) is 88.6 Å². The molecular formula is C22H25FN4O3. The number of hydrogen-bond donors (Lipinski definition) is 2. The maximum absolute atomic E-state index is 13.4. The predicted molar refractivity (Wildman–Crippen MR) is 113 cm³/mol. The number of aromatic nitrogens is 3. The second kappa shape index (κ2) is 9.04. The SMILES string of the molecule is CC[C@H](O)CNC(=O)c1cn2cc(-c3ccc(F)cc3)n(CC=C(C)C)c(=O)c2n1. The van der Waals surface area contributed by atoms with Crippen molar-refractivity contribution in [2.45, 2.75) is 39.8 Å². The summed E-state index contributed by atoms with van der Waals surface area (Å²) in [6.07, 6.45) is 4.96. The fourth-order valence-electron chi connectivity index (χ4n) is 2.94. The Kier molecular flexibility index (Phi) is 6.47. The maximum atomic E-state index is 13.4. The number of nitrogens with one attached hydrogen (secondary N) is 1. The van der Waals surface area contributed by atoms with Gasteiger partial charge >= 0.3 is 0 Å². The second-order valence-corrected chi connectivity index (χ2v) is 7.35. The van der Waals surface area contributed by atoms with E-state index in [0.717, 1.165) is 5.57 Å². The molecule has 2 aromatic heterocycles. The van der Waals surface area contributed by atoms with Gasteiger partial charge in [0.15, 0.2) is 0 Å². The second-order valence-electron chi connectivity index (χ2n) is 7.35. The molecule has 1 amide bonds. The van der Waals surface area contributed by atoms with E-state index in [9.17, 15) is 19.1 Å². The van der Waals surface area contributed by atoms with Crippen LogP contribution < -0.4 is 10.9 Å². The van der Waals surface area contributed by atoms with E-state index < -0.39 is 12.0 Å². The average molecular weight is 412 g/mol. The lowest BCUT2D eigenvalue weighted by Gasteiger charge is -2.12. The molecule has 3 aromatic rings. The fraction of sp³-hybridized carbons (Fsp3) is 0.318. The van der Waals surface area contributed by atoms with Crippen LogP contribution in [0, 0.1) is 5.82 Å². The molecule has 0 radical (unpaired) electrons. The van der Waals surface area contributed by atoms with Crippen LogP contribution >= 0.6 is 0 Å². The van der Waals surface area contributed by atoms with Gasteiger partial charge in [-0.3, -0.25) is 18.6 Å². The van der Waals surface area contributed by atoms with E-state index in [4.69, 9.17) is 0 Å². The molecule has 7 nitrogen and oxygen atoms in total. The van der Waals surface area contributed by atoms with Crippen molar-refractivity contribution in [3.05, 3.63) is 70.2 Å². The number of fused-ring (bicyclic) bond motifs is 1. The third kappa shape index (κ3) is 4.65. The molecule has 2 N–H and O–H groups in total. The van der Waals surface area contributed by atoms with Crippen LogP contribution in [0.5, 0.6) is 0 Å². The Balaban J connectivity index is 2.09. The standard InChI is InChI=1S/C22H25FN4O3/c1-4-17(28)11-24-21(29)18-12-26-13-19(15-5-7-16(23)8-6-15)27(10-9-14(2)3)22(30)20(26)25-18/h5-9,12-13,17,28H,4,10-11H2,1-3H3,(H,24,29)/t17-/m0/s1. The lowest BCUT2D eigenvalue weighted by Crippen LogP contribution is -2.31. The molecule has 3 rings (SSSR count). The summed E-state index contributed by atoms with van der Waals surface area (Å²) in [7, 11) is 0. The predicted octanol–water partition coefficient (Wildman–Crippen LogP) is 2.77. The minimum absolute atomic E-state index is 0.0837. The molecule has 0 saturated carbocycles. The quantitative estimate of drug-likeness (QED) is 0.584. The molecule has 0 aliphatic carbocycles. The van der Waals surface area contributed by atoms with E-state index in [2.05, 4.69) is 10.3 Å². The van der Waals surface area contributed by atoms with Gasteiger partial charge in [-0.2, -0.15) is 0 Å². The minimum Gasteiger partial charge on any atom is -0.391 e. The zero-order chi connectivity index (χ0) is 21.8.